The Bertz CT molecular complexity index is 847. The molecule has 2 aromatic rings. The monoisotopic (exact) mass is 284 g/mol. The fourth-order valence-corrected chi connectivity index (χ4v) is 3.10. The zero-order valence-electron chi connectivity index (χ0n) is 11.1. The molecule has 6 heteroatoms. The SMILES string of the molecule is COC1=C(O)C(=O)n2c3c(c4ccccc42)C=CN(O)C13. The summed E-state index contributed by atoms with van der Waals surface area (Å²) in [6, 6.07) is 6.69. The van der Waals surface area contributed by atoms with Crippen LogP contribution in [0.25, 0.3) is 17.0 Å². The summed E-state index contributed by atoms with van der Waals surface area (Å²) >= 11 is 0. The third-order valence-corrected chi connectivity index (χ3v) is 3.98. The van der Waals surface area contributed by atoms with Gasteiger partial charge in [0.05, 0.1) is 18.3 Å². The zero-order valence-corrected chi connectivity index (χ0v) is 11.1. The highest BCUT2D eigenvalue weighted by molar-refractivity contribution is 6.06. The van der Waals surface area contributed by atoms with Crippen LogP contribution in [0.5, 0.6) is 0 Å². The first kappa shape index (κ1) is 12.0. The lowest BCUT2D eigenvalue weighted by Crippen LogP contribution is -2.35. The maximum Gasteiger partial charge on any atom is 0.301 e. The van der Waals surface area contributed by atoms with Gasteiger partial charge in [0.15, 0.2) is 11.8 Å². The first-order chi connectivity index (χ1) is 10.1. The normalized spacial score (nSPS) is 20.2. The van der Waals surface area contributed by atoms with E-state index < -0.39 is 17.7 Å². The van der Waals surface area contributed by atoms with Crippen LogP contribution >= 0.6 is 0 Å². The molecule has 0 amide bonds. The summed E-state index contributed by atoms with van der Waals surface area (Å²) in [4.78, 5) is 12.5. The van der Waals surface area contributed by atoms with Crippen molar-refractivity contribution in [1.29, 1.82) is 0 Å². The van der Waals surface area contributed by atoms with Crippen molar-refractivity contribution in [1.82, 2.24) is 9.63 Å². The van der Waals surface area contributed by atoms with Crippen LogP contribution in [0.15, 0.2) is 42.0 Å². The molecule has 3 heterocycles. The smallest absolute Gasteiger partial charge is 0.301 e. The molecule has 0 fully saturated rings. The van der Waals surface area contributed by atoms with Crippen LogP contribution < -0.4 is 0 Å². The lowest BCUT2D eigenvalue weighted by molar-refractivity contribution is -0.0865. The van der Waals surface area contributed by atoms with Crippen molar-refractivity contribution >= 4 is 22.9 Å². The third-order valence-electron chi connectivity index (χ3n) is 3.98. The fraction of sp³-hybridized carbons (Fsp3) is 0.133. The largest absolute Gasteiger partial charge is 0.501 e. The Balaban J connectivity index is 2.17. The van der Waals surface area contributed by atoms with Crippen molar-refractivity contribution in [2.45, 2.75) is 6.04 Å². The number of aromatic nitrogens is 1. The van der Waals surface area contributed by atoms with Crippen LogP contribution in [0, 0.1) is 0 Å². The van der Waals surface area contributed by atoms with E-state index in [1.54, 1.807) is 6.08 Å². The number of hydroxylamine groups is 2. The maximum absolute atomic E-state index is 12.5. The summed E-state index contributed by atoms with van der Waals surface area (Å²) in [5, 5.41) is 22.0. The summed E-state index contributed by atoms with van der Waals surface area (Å²) in [6.45, 7) is 0. The molecule has 0 saturated heterocycles. The van der Waals surface area contributed by atoms with Gasteiger partial charge in [-0.1, -0.05) is 18.2 Å². The van der Waals surface area contributed by atoms with Crippen LogP contribution in [-0.4, -0.2) is 33.0 Å². The van der Waals surface area contributed by atoms with Gasteiger partial charge < -0.3 is 9.84 Å². The van der Waals surface area contributed by atoms with Crippen LogP contribution in [0.2, 0.25) is 0 Å². The van der Waals surface area contributed by atoms with Crippen molar-refractivity contribution in [3.8, 4) is 0 Å². The Kier molecular flexibility index (Phi) is 2.23. The number of benzene rings is 1. The van der Waals surface area contributed by atoms with Gasteiger partial charge in [0.2, 0.25) is 5.76 Å². The van der Waals surface area contributed by atoms with E-state index in [1.807, 2.05) is 24.3 Å². The quantitative estimate of drug-likeness (QED) is 0.841. The lowest BCUT2D eigenvalue weighted by Gasteiger charge is -2.33. The molecule has 1 aromatic heterocycles. The minimum Gasteiger partial charge on any atom is -0.501 e. The molecule has 0 aliphatic carbocycles. The molecule has 0 saturated carbocycles. The van der Waals surface area contributed by atoms with Crippen LogP contribution in [0.4, 0.5) is 0 Å². The molecule has 0 spiro atoms. The van der Waals surface area contributed by atoms with Crippen LogP contribution in [0.1, 0.15) is 22.1 Å². The molecule has 21 heavy (non-hydrogen) atoms. The molecule has 2 N–H and O–H groups in total. The van der Waals surface area contributed by atoms with E-state index in [-0.39, 0.29) is 5.76 Å². The molecular weight excluding hydrogens is 272 g/mol. The fourth-order valence-electron chi connectivity index (χ4n) is 3.10. The first-order valence-corrected chi connectivity index (χ1v) is 6.45. The topological polar surface area (TPSA) is 74.9 Å². The predicted octanol–water partition coefficient (Wildman–Crippen LogP) is 2.43. The molecule has 106 valence electrons. The van der Waals surface area contributed by atoms with Crippen molar-refractivity contribution in [3.05, 3.63) is 53.2 Å². The number of methoxy groups -OCH3 is 1. The molecule has 2 aliphatic rings. The summed E-state index contributed by atoms with van der Waals surface area (Å²) in [6.07, 6.45) is 3.24. The molecule has 0 bridgehead atoms. The van der Waals surface area contributed by atoms with Crippen molar-refractivity contribution in [2.75, 3.05) is 7.11 Å². The van der Waals surface area contributed by atoms with Gasteiger partial charge in [-0.05, 0) is 12.1 Å². The Morgan fingerprint density at radius 1 is 1.29 bits per heavy atom. The van der Waals surface area contributed by atoms with Crippen molar-refractivity contribution in [3.63, 3.8) is 0 Å². The third kappa shape index (κ3) is 1.32. The van der Waals surface area contributed by atoms with E-state index in [4.69, 9.17) is 4.74 Å². The number of aliphatic hydroxyl groups excluding tert-OH is 1. The molecular formula is C15H12N2O4. The molecule has 6 nitrogen and oxygen atoms in total. The Morgan fingerprint density at radius 3 is 2.81 bits per heavy atom. The number of rotatable bonds is 1. The van der Waals surface area contributed by atoms with E-state index in [1.165, 1.54) is 17.9 Å². The second kappa shape index (κ2) is 3.89. The van der Waals surface area contributed by atoms with Gasteiger partial charge in [-0.25, -0.2) is 5.06 Å². The molecule has 0 radical (unpaired) electrons. The van der Waals surface area contributed by atoms with Crippen LogP contribution in [-0.2, 0) is 4.74 Å². The van der Waals surface area contributed by atoms with Crippen molar-refractivity contribution in [2.24, 2.45) is 0 Å². The highest BCUT2D eigenvalue weighted by Crippen LogP contribution is 2.43. The Morgan fingerprint density at radius 2 is 2.05 bits per heavy atom. The number of fused-ring (bicyclic) bond motifs is 3. The average molecular weight is 284 g/mol. The lowest BCUT2D eigenvalue weighted by atomic mass is 9.99. The Hall–Kier alpha value is -2.73. The zero-order chi connectivity index (χ0) is 14.7. The molecule has 4 rings (SSSR count). The maximum atomic E-state index is 12.5. The van der Waals surface area contributed by atoms with E-state index >= 15 is 0 Å². The number of carbonyl (C=O) groups is 1. The van der Waals surface area contributed by atoms with Gasteiger partial charge in [0, 0.05) is 17.1 Å². The number of ether oxygens (including phenoxy) is 1. The average Bonchev–Trinajstić information content (AvgIpc) is 2.83. The van der Waals surface area contributed by atoms with E-state index in [9.17, 15) is 15.1 Å². The van der Waals surface area contributed by atoms with E-state index in [0.717, 1.165) is 16.0 Å². The summed E-state index contributed by atoms with van der Waals surface area (Å²) in [7, 11) is 1.36. The molecule has 2 aliphatic heterocycles. The van der Waals surface area contributed by atoms with E-state index in [2.05, 4.69) is 0 Å². The van der Waals surface area contributed by atoms with Gasteiger partial charge in [-0.2, -0.15) is 0 Å². The van der Waals surface area contributed by atoms with Crippen molar-refractivity contribution < 1.29 is 19.8 Å². The first-order valence-electron chi connectivity index (χ1n) is 6.45. The number of carbonyl (C=O) groups excluding carboxylic acids is 1. The Labute approximate surface area is 119 Å². The number of hydrogen-bond acceptors (Lipinski definition) is 5. The van der Waals surface area contributed by atoms with Gasteiger partial charge in [-0.15, -0.1) is 0 Å². The summed E-state index contributed by atoms with van der Waals surface area (Å²) in [5.74, 6) is -0.996. The van der Waals surface area contributed by atoms with Crippen LogP contribution in [0.3, 0.4) is 0 Å². The second-order valence-corrected chi connectivity index (χ2v) is 4.97. The summed E-state index contributed by atoms with van der Waals surface area (Å²) < 4.78 is 6.58. The number of nitrogens with zero attached hydrogens (tertiary/aromatic N) is 2. The minimum atomic E-state index is -0.736. The number of aliphatic hydroxyl groups is 1. The summed E-state index contributed by atoms with van der Waals surface area (Å²) in [5.41, 5.74) is 2.14. The minimum absolute atomic E-state index is 0.0448. The second-order valence-electron chi connectivity index (χ2n) is 4.97. The molecule has 1 atom stereocenters. The van der Waals surface area contributed by atoms with Gasteiger partial charge in [0.25, 0.3) is 0 Å². The number of allylic oxidation sites excluding steroid dienone is 1. The van der Waals surface area contributed by atoms with E-state index in [0.29, 0.717) is 11.2 Å². The van der Waals surface area contributed by atoms with Gasteiger partial charge >= 0.3 is 5.91 Å². The molecule has 1 unspecified atom stereocenters. The predicted molar refractivity (Wildman–Crippen MR) is 74.6 cm³/mol. The van der Waals surface area contributed by atoms with Gasteiger partial charge in [-0.3, -0.25) is 14.6 Å². The molecule has 1 aromatic carbocycles. The van der Waals surface area contributed by atoms with Gasteiger partial charge in [0.1, 0.15) is 0 Å². The highest BCUT2D eigenvalue weighted by Gasteiger charge is 2.42. The number of hydrogen-bond donors (Lipinski definition) is 2. The highest BCUT2D eigenvalue weighted by atomic mass is 16.5. The standard InChI is InChI=1S/C15H12N2O4/c1-21-14-12-11-9(6-7-16(12)20)8-4-2-3-5-10(8)17(11)15(19)13(14)18/h2-7,12,18,20H,1H3. The number of para-hydroxylation sites is 1.